The molecular formula is C18H22N2O3S. The Hall–Kier alpha value is -2.34. The quantitative estimate of drug-likeness (QED) is 0.891. The van der Waals surface area contributed by atoms with Gasteiger partial charge < -0.3 is 10.6 Å². The lowest BCUT2D eigenvalue weighted by Gasteiger charge is -2.11. The van der Waals surface area contributed by atoms with Gasteiger partial charge in [0.05, 0.1) is 4.90 Å². The molecule has 0 bridgehead atoms. The van der Waals surface area contributed by atoms with Gasteiger partial charge in [0.2, 0.25) is 0 Å². The van der Waals surface area contributed by atoms with Crippen LogP contribution in [0.3, 0.4) is 0 Å². The molecule has 0 saturated heterocycles. The number of nitrogens with one attached hydrogen (secondary N) is 2. The summed E-state index contributed by atoms with van der Waals surface area (Å²) in [6, 6.07) is 10.6. The van der Waals surface area contributed by atoms with Crippen molar-refractivity contribution >= 4 is 21.6 Å². The fraction of sp³-hybridized carbons (Fsp3) is 0.278. The Morgan fingerprint density at radius 1 is 1.00 bits per heavy atom. The number of hydrogen-bond donors (Lipinski definition) is 2. The average Bonchev–Trinajstić information content (AvgIpc) is 2.47. The van der Waals surface area contributed by atoms with Crippen molar-refractivity contribution in [1.29, 1.82) is 0 Å². The molecule has 0 aliphatic rings. The summed E-state index contributed by atoms with van der Waals surface area (Å²) in [6.07, 6.45) is 1.19. The van der Waals surface area contributed by atoms with Gasteiger partial charge in [0.15, 0.2) is 9.84 Å². The van der Waals surface area contributed by atoms with Crippen LogP contribution < -0.4 is 10.6 Å². The third kappa shape index (κ3) is 4.58. The topological polar surface area (TPSA) is 75.3 Å². The molecule has 0 fully saturated rings. The predicted molar refractivity (Wildman–Crippen MR) is 96.1 cm³/mol. The number of carbonyl (C=O) groups excluding carboxylic acids is 1. The van der Waals surface area contributed by atoms with Gasteiger partial charge in [-0.05, 0) is 49.6 Å². The summed E-state index contributed by atoms with van der Waals surface area (Å²) in [5, 5.41) is 5.59. The summed E-state index contributed by atoms with van der Waals surface area (Å²) in [4.78, 5) is 12.3. The number of hydrogen-bond acceptors (Lipinski definition) is 3. The van der Waals surface area contributed by atoms with E-state index in [2.05, 4.69) is 10.6 Å². The molecule has 128 valence electrons. The molecule has 2 aromatic rings. The minimum Gasteiger partial charge on any atom is -0.334 e. The van der Waals surface area contributed by atoms with Crippen molar-refractivity contribution in [3.8, 4) is 0 Å². The molecule has 0 unspecified atom stereocenters. The van der Waals surface area contributed by atoms with Crippen LogP contribution in [0.2, 0.25) is 0 Å². The van der Waals surface area contributed by atoms with Crippen LogP contribution in [-0.2, 0) is 16.4 Å². The Morgan fingerprint density at radius 2 is 1.71 bits per heavy atom. The van der Waals surface area contributed by atoms with Gasteiger partial charge in [-0.1, -0.05) is 29.8 Å². The molecule has 0 saturated carbocycles. The van der Waals surface area contributed by atoms with Crippen molar-refractivity contribution in [2.45, 2.75) is 32.2 Å². The minimum atomic E-state index is -3.23. The maximum Gasteiger partial charge on any atom is 0.319 e. The predicted octanol–water partition coefficient (Wildman–Crippen LogP) is 3.34. The smallest absolute Gasteiger partial charge is 0.319 e. The van der Waals surface area contributed by atoms with Gasteiger partial charge in [-0.25, -0.2) is 13.2 Å². The van der Waals surface area contributed by atoms with Crippen molar-refractivity contribution in [2.24, 2.45) is 0 Å². The third-order valence-electron chi connectivity index (χ3n) is 3.72. The Kier molecular flexibility index (Phi) is 5.29. The molecule has 2 rings (SSSR count). The van der Waals surface area contributed by atoms with Crippen LogP contribution in [0.5, 0.6) is 0 Å². The molecular weight excluding hydrogens is 324 g/mol. The molecule has 0 aromatic heterocycles. The maximum atomic E-state index is 12.0. The SMILES string of the molecule is Cc1ccc(NC(=O)NCc2ccc(S(C)(=O)=O)c(C)c2)c(C)c1. The third-order valence-corrected chi connectivity index (χ3v) is 4.98. The summed E-state index contributed by atoms with van der Waals surface area (Å²) in [5.41, 5.74) is 4.42. The van der Waals surface area contributed by atoms with Crippen LogP contribution in [0.1, 0.15) is 22.3 Å². The number of urea groups is 1. The van der Waals surface area contributed by atoms with E-state index < -0.39 is 9.84 Å². The summed E-state index contributed by atoms with van der Waals surface area (Å²) < 4.78 is 23.2. The lowest BCUT2D eigenvalue weighted by Crippen LogP contribution is -2.28. The van der Waals surface area contributed by atoms with E-state index in [0.717, 1.165) is 22.4 Å². The number of anilines is 1. The highest BCUT2D eigenvalue weighted by molar-refractivity contribution is 7.90. The largest absolute Gasteiger partial charge is 0.334 e. The average molecular weight is 346 g/mol. The molecule has 6 heteroatoms. The highest BCUT2D eigenvalue weighted by atomic mass is 32.2. The number of carbonyl (C=O) groups is 1. The molecule has 2 aromatic carbocycles. The van der Waals surface area contributed by atoms with Crippen LogP contribution in [0.25, 0.3) is 0 Å². The maximum absolute atomic E-state index is 12.0. The van der Waals surface area contributed by atoms with Crippen molar-refractivity contribution < 1.29 is 13.2 Å². The van der Waals surface area contributed by atoms with Gasteiger partial charge in [0.1, 0.15) is 0 Å². The second kappa shape index (κ2) is 7.05. The Balaban J connectivity index is 2.00. The Bertz CT molecular complexity index is 874. The van der Waals surface area contributed by atoms with Crippen LogP contribution >= 0.6 is 0 Å². The Labute approximate surface area is 143 Å². The van der Waals surface area contributed by atoms with Crippen molar-refractivity contribution in [3.05, 3.63) is 58.7 Å². The lowest BCUT2D eigenvalue weighted by atomic mass is 10.1. The number of benzene rings is 2. The molecule has 0 aliphatic carbocycles. The molecule has 0 aliphatic heterocycles. The number of aryl methyl sites for hydroxylation is 3. The molecule has 0 atom stereocenters. The molecule has 2 amide bonds. The first-order valence-corrected chi connectivity index (χ1v) is 9.47. The first-order valence-electron chi connectivity index (χ1n) is 7.58. The van der Waals surface area contributed by atoms with Crippen LogP contribution in [0.4, 0.5) is 10.5 Å². The van der Waals surface area contributed by atoms with E-state index >= 15 is 0 Å². The van der Waals surface area contributed by atoms with Gasteiger partial charge in [0, 0.05) is 18.5 Å². The Morgan fingerprint density at radius 3 is 2.29 bits per heavy atom. The van der Waals surface area contributed by atoms with E-state index in [9.17, 15) is 13.2 Å². The van der Waals surface area contributed by atoms with E-state index in [1.165, 1.54) is 6.26 Å². The first kappa shape index (κ1) is 18.0. The summed E-state index contributed by atoms with van der Waals surface area (Å²) in [5.74, 6) is 0. The van der Waals surface area contributed by atoms with Gasteiger partial charge in [-0.15, -0.1) is 0 Å². The van der Waals surface area contributed by atoms with Crippen LogP contribution in [-0.4, -0.2) is 20.7 Å². The standard InChI is InChI=1S/C18H22N2O3S/c1-12-5-7-16(13(2)9-12)20-18(21)19-11-15-6-8-17(14(3)10-15)24(4,22)23/h5-10H,11H2,1-4H3,(H2,19,20,21). The van der Waals surface area contributed by atoms with Crippen LogP contribution in [0, 0.1) is 20.8 Å². The molecule has 0 heterocycles. The van der Waals surface area contributed by atoms with Crippen molar-refractivity contribution in [3.63, 3.8) is 0 Å². The number of amides is 2. The molecule has 24 heavy (non-hydrogen) atoms. The zero-order chi connectivity index (χ0) is 17.9. The normalized spacial score (nSPS) is 11.2. The highest BCUT2D eigenvalue weighted by Crippen LogP contribution is 2.17. The summed E-state index contributed by atoms with van der Waals surface area (Å²) in [7, 11) is -3.23. The molecule has 5 nitrogen and oxygen atoms in total. The zero-order valence-corrected chi connectivity index (χ0v) is 15.1. The number of sulfone groups is 1. The van der Waals surface area contributed by atoms with E-state index in [1.54, 1.807) is 25.1 Å². The summed E-state index contributed by atoms with van der Waals surface area (Å²) in [6.45, 7) is 6.01. The second-order valence-electron chi connectivity index (χ2n) is 6.00. The molecule has 0 radical (unpaired) electrons. The van der Waals surface area contributed by atoms with Gasteiger partial charge in [-0.2, -0.15) is 0 Å². The van der Waals surface area contributed by atoms with E-state index in [1.807, 2.05) is 32.0 Å². The fourth-order valence-electron chi connectivity index (χ4n) is 2.54. The van der Waals surface area contributed by atoms with Crippen LogP contribution in [0.15, 0.2) is 41.3 Å². The highest BCUT2D eigenvalue weighted by Gasteiger charge is 2.11. The second-order valence-corrected chi connectivity index (χ2v) is 7.98. The van der Waals surface area contributed by atoms with Crippen molar-refractivity contribution in [2.75, 3.05) is 11.6 Å². The van der Waals surface area contributed by atoms with Gasteiger partial charge in [0.25, 0.3) is 0 Å². The monoisotopic (exact) mass is 346 g/mol. The van der Waals surface area contributed by atoms with E-state index in [-0.39, 0.29) is 6.03 Å². The summed E-state index contributed by atoms with van der Waals surface area (Å²) >= 11 is 0. The molecule has 2 N–H and O–H groups in total. The fourth-order valence-corrected chi connectivity index (χ4v) is 3.50. The first-order chi connectivity index (χ1) is 11.2. The minimum absolute atomic E-state index is 0.299. The lowest BCUT2D eigenvalue weighted by molar-refractivity contribution is 0.251. The molecule has 0 spiro atoms. The van der Waals surface area contributed by atoms with Gasteiger partial charge >= 0.3 is 6.03 Å². The van der Waals surface area contributed by atoms with E-state index in [4.69, 9.17) is 0 Å². The van der Waals surface area contributed by atoms with Crippen molar-refractivity contribution in [1.82, 2.24) is 5.32 Å². The number of rotatable bonds is 4. The van der Waals surface area contributed by atoms with Gasteiger partial charge in [-0.3, -0.25) is 0 Å². The zero-order valence-electron chi connectivity index (χ0n) is 14.3. The van der Waals surface area contributed by atoms with E-state index in [0.29, 0.717) is 17.0 Å².